The molecule has 0 aliphatic heterocycles. The van der Waals surface area contributed by atoms with Crippen LogP contribution in [0, 0.1) is 4.77 Å². The molecule has 0 unspecified atom stereocenters. The maximum Gasteiger partial charge on any atom is 0.214 e. The molecule has 2 N–H and O–H groups in total. The van der Waals surface area contributed by atoms with E-state index in [-0.39, 0.29) is 0 Å². The first kappa shape index (κ1) is 11.7. The van der Waals surface area contributed by atoms with Crippen molar-refractivity contribution >= 4 is 12.2 Å². The van der Waals surface area contributed by atoms with Gasteiger partial charge in [-0.2, -0.15) is 5.10 Å². The van der Waals surface area contributed by atoms with Crippen LogP contribution < -0.4 is 5.43 Å². The largest absolute Gasteiger partial charge is 0.459 e. The monoisotopic (exact) mass is 272 g/mol. The molecule has 0 fully saturated rings. The van der Waals surface area contributed by atoms with Gasteiger partial charge >= 0.3 is 0 Å². The van der Waals surface area contributed by atoms with Crippen molar-refractivity contribution in [2.45, 2.75) is 6.54 Å². The minimum Gasteiger partial charge on any atom is -0.459 e. The molecule has 0 radical (unpaired) electrons. The van der Waals surface area contributed by atoms with E-state index < -0.39 is 0 Å². The highest BCUT2D eigenvalue weighted by atomic mass is 32.1. The van der Waals surface area contributed by atoms with E-state index in [1.807, 2.05) is 42.5 Å². The van der Waals surface area contributed by atoms with Gasteiger partial charge < -0.3 is 9.84 Å². The molecule has 5 nitrogen and oxygen atoms in total. The van der Waals surface area contributed by atoms with Crippen LogP contribution >= 0.6 is 12.2 Å². The molecule has 3 rings (SSSR count). The highest BCUT2D eigenvalue weighted by Gasteiger charge is 2.04. The highest BCUT2D eigenvalue weighted by molar-refractivity contribution is 7.71. The van der Waals surface area contributed by atoms with Crippen LogP contribution in [0.4, 0.5) is 0 Å². The number of benzene rings is 1. The maximum atomic E-state index is 5.77. The summed E-state index contributed by atoms with van der Waals surface area (Å²) in [6.07, 6.45) is 1.59. The zero-order chi connectivity index (χ0) is 13.1. The third-order valence-electron chi connectivity index (χ3n) is 2.70. The van der Waals surface area contributed by atoms with Crippen LogP contribution in [0.5, 0.6) is 0 Å². The zero-order valence-electron chi connectivity index (χ0n) is 10.0. The van der Waals surface area contributed by atoms with Crippen LogP contribution in [0.15, 0.2) is 53.2 Å². The summed E-state index contributed by atoms with van der Waals surface area (Å²) in [5.41, 5.74) is 4.16. The second-order valence-corrected chi connectivity index (χ2v) is 4.39. The number of hydrogen-bond donors (Lipinski definition) is 2. The number of aromatic nitrogens is 3. The molecule has 3 aromatic rings. The van der Waals surface area contributed by atoms with Gasteiger partial charge in [0.2, 0.25) is 4.77 Å². The average molecular weight is 272 g/mol. The third kappa shape index (κ3) is 2.58. The van der Waals surface area contributed by atoms with Gasteiger partial charge in [0, 0.05) is 5.56 Å². The Balaban J connectivity index is 1.72. The molecule has 0 atom stereocenters. The summed E-state index contributed by atoms with van der Waals surface area (Å²) < 4.78 is 7.93. The van der Waals surface area contributed by atoms with E-state index in [1.54, 1.807) is 11.0 Å². The van der Waals surface area contributed by atoms with Gasteiger partial charge in [-0.05, 0) is 24.4 Å². The molecule has 0 amide bonds. The zero-order valence-corrected chi connectivity index (χ0v) is 10.9. The molecule has 0 bridgehead atoms. The Bertz CT molecular complexity index is 713. The van der Waals surface area contributed by atoms with E-state index in [1.165, 1.54) is 0 Å². The number of H-pyrrole nitrogens is 1. The van der Waals surface area contributed by atoms with Crippen molar-refractivity contribution in [2.75, 3.05) is 5.43 Å². The molecule has 2 aromatic heterocycles. The van der Waals surface area contributed by atoms with Crippen molar-refractivity contribution in [3.05, 3.63) is 59.3 Å². The molecular weight excluding hydrogens is 260 g/mol. The fraction of sp³-hybridized carbons (Fsp3) is 0.0769. The van der Waals surface area contributed by atoms with Gasteiger partial charge in [-0.1, -0.05) is 30.3 Å². The van der Waals surface area contributed by atoms with Crippen molar-refractivity contribution in [3.8, 4) is 11.3 Å². The lowest BCUT2D eigenvalue weighted by Crippen LogP contribution is -2.12. The van der Waals surface area contributed by atoms with Crippen LogP contribution in [0.1, 0.15) is 5.76 Å². The van der Waals surface area contributed by atoms with Crippen molar-refractivity contribution in [1.29, 1.82) is 0 Å². The van der Waals surface area contributed by atoms with E-state index in [2.05, 4.69) is 15.6 Å². The quantitative estimate of drug-likeness (QED) is 0.717. The van der Waals surface area contributed by atoms with Crippen LogP contribution in [-0.4, -0.2) is 14.9 Å². The SMILES string of the molecule is S=c1[nH]ncn1NCc1ccc(-c2ccccc2)o1. The van der Waals surface area contributed by atoms with Gasteiger partial charge in [-0.25, -0.2) is 4.68 Å². The minimum atomic E-state index is 0.523. The van der Waals surface area contributed by atoms with Crippen LogP contribution in [0.25, 0.3) is 11.3 Å². The Kier molecular flexibility index (Phi) is 3.16. The molecule has 96 valence electrons. The normalized spacial score (nSPS) is 10.5. The fourth-order valence-corrected chi connectivity index (χ4v) is 1.92. The van der Waals surface area contributed by atoms with Crippen molar-refractivity contribution in [3.63, 3.8) is 0 Å². The number of nitrogens with zero attached hydrogens (tertiary/aromatic N) is 2. The molecule has 0 saturated carbocycles. The Hall–Kier alpha value is -2.34. The predicted molar refractivity (Wildman–Crippen MR) is 74.6 cm³/mol. The van der Waals surface area contributed by atoms with Gasteiger partial charge in [0.1, 0.15) is 17.8 Å². The van der Waals surface area contributed by atoms with E-state index in [0.717, 1.165) is 17.1 Å². The summed E-state index contributed by atoms with van der Waals surface area (Å²) in [6, 6.07) is 13.9. The predicted octanol–water partition coefficient (Wildman–Crippen LogP) is 2.94. The second kappa shape index (κ2) is 5.11. The summed E-state index contributed by atoms with van der Waals surface area (Å²) in [5.74, 6) is 1.69. The Morgan fingerprint density at radius 3 is 2.79 bits per heavy atom. The van der Waals surface area contributed by atoms with Gasteiger partial charge in [-0.3, -0.25) is 5.10 Å². The molecule has 1 aromatic carbocycles. The van der Waals surface area contributed by atoms with E-state index in [9.17, 15) is 0 Å². The molecule has 2 heterocycles. The number of rotatable bonds is 4. The maximum absolute atomic E-state index is 5.77. The van der Waals surface area contributed by atoms with Crippen molar-refractivity contribution < 1.29 is 4.42 Å². The van der Waals surface area contributed by atoms with Crippen molar-refractivity contribution in [2.24, 2.45) is 0 Å². The Morgan fingerprint density at radius 2 is 2.05 bits per heavy atom. The standard InChI is InChI=1S/C13H12N4OS/c19-13-16-14-9-17(13)15-8-11-6-7-12(18-11)10-4-2-1-3-5-10/h1-7,9,15H,8H2,(H,16,19). The van der Waals surface area contributed by atoms with Crippen LogP contribution in [0.3, 0.4) is 0 Å². The summed E-state index contributed by atoms with van der Waals surface area (Å²) in [4.78, 5) is 0. The molecule has 0 aliphatic carbocycles. The first-order valence-corrected chi connectivity index (χ1v) is 6.24. The lowest BCUT2D eigenvalue weighted by Gasteiger charge is -2.03. The molecule has 0 spiro atoms. The van der Waals surface area contributed by atoms with Gasteiger partial charge in [0.05, 0.1) is 6.54 Å². The molecular formula is C13H12N4OS. The number of nitrogens with one attached hydrogen (secondary N) is 2. The molecule has 0 aliphatic rings. The topological polar surface area (TPSA) is 58.8 Å². The lowest BCUT2D eigenvalue weighted by molar-refractivity contribution is 0.522. The Labute approximate surface area is 114 Å². The number of furan rings is 1. The number of aromatic amines is 1. The number of hydrogen-bond acceptors (Lipinski definition) is 4. The first-order chi connectivity index (χ1) is 9.33. The van der Waals surface area contributed by atoms with Gasteiger partial charge in [-0.15, -0.1) is 0 Å². The highest BCUT2D eigenvalue weighted by Crippen LogP contribution is 2.21. The molecule has 6 heteroatoms. The Morgan fingerprint density at radius 1 is 1.21 bits per heavy atom. The van der Waals surface area contributed by atoms with E-state index in [4.69, 9.17) is 16.6 Å². The van der Waals surface area contributed by atoms with E-state index >= 15 is 0 Å². The third-order valence-corrected chi connectivity index (χ3v) is 2.98. The minimum absolute atomic E-state index is 0.523. The summed E-state index contributed by atoms with van der Waals surface area (Å²) in [6.45, 7) is 0.542. The van der Waals surface area contributed by atoms with Gasteiger partial charge in [0.15, 0.2) is 0 Å². The summed E-state index contributed by atoms with van der Waals surface area (Å²) in [5, 5.41) is 6.50. The lowest BCUT2D eigenvalue weighted by atomic mass is 10.2. The smallest absolute Gasteiger partial charge is 0.214 e. The first-order valence-electron chi connectivity index (χ1n) is 5.83. The average Bonchev–Trinajstić information content (AvgIpc) is 3.06. The van der Waals surface area contributed by atoms with Crippen molar-refractivity contribution in [1.82, 2.24) is 14.9 Å². The molecule has 19 heavy (non-hydrogen) atoms. The fourth-order valence-electron chi connectivity index (χ4n) is 1.75. The second-order valence-electron chi connectivity index (χ2n) is 4.00. The molecule has 0 saturated heterocycles. The van der Waals surface area contributed by atoms with E-state index in [0.29, 0.717) is 11.3 Å². The van der Waals surface area contributed by atoms with Crippen LogP contribution in [0.2, 0.25) is 0 Å². The summed E-state index contributed by atoms with van der Waals surface area (Å²) in [7, 11) is 0. The van der Waals surface area contributed by atoms with Crippen LogP contribution in [-0.2, 0) is 6.54 Å². The van der Waals surface area contributed by atoms with Gasteiger partial charge in [0.25, 0.3) is 0 Å². The summed E-state index contributed by atoms with van der Waals surface area (Å²) >= 11 is 5.03.